The summed E-state index contributed by atoms with van der Waals surface area (Å²) >= 11 is 1.79. The Kier molecular flexibility index (Phi) is 8.98. The molecule has 0 amide bonds. The summed E-state index contributed by atoms with van der Waals surface area (Å²) in [7, 11) is 0. The summed E-state index contributed by atoms with van der Waals surface area (Å²) in [6.45, 7) is 4.53. The Bertz CT molecular complexity index is 3820. The number of rotatable bonds is 5. The summed E-state index contributed by atoms with van der Waals surface area (Å²) in [5.74, 6) is 0. The predicted octanol–water partition coefficient (Wildman–Crippen LogP) is 17.7. The molecule has 0 radical (unpaired) electrons. The maximum Gasteiger partial charge on any atom is 0.0619 e. The quantitative estimate of drug-likeness (QED) is 0.156. The van der Waals surface area contributed by atoms with Crippen LogP contribution in [-0.2, 0) is 5.41 Å². The van der Waals surface area contributed by atoms with E-state index in [1.165, 1.54) is 114 Å². The molecule has 310 valence electrons. The van der Waals surface area contributed by atoms with Gasteiger partial charge < -0.3 is 4.57 Å². The second-order valence-electron chi connectivity index (χ2n) is 17.6. The molecular weight excluding hydrogens is 815 g/mol. The lowest BCUT2D eigenvalue weighted by molar-refractivity contribution is 0.703. The Morgan fingerprint density at radius 1 is 0.424 bits per heavy atom. The highest BCUT2D eigenvalue weighted by atomic mass is 32.2. The van der Waals surface area contributed by atoms with Crippen LogP contribution in [0.25, 0.3) is 98.4 Å². The van der Waals surface area contributed by atoms with E-state index in [4.69, 9.17) is 0 Å². The molecule has 1 atom stereocenters. The number of hydrogen-bond acceptors (Lipinski definition) is 1. The van der Waals surface area contributed by atoms with Crippen LogP contribution in [0.2, 0.25) is 0 Å². The number of aromatic nitrogens is 1. The highest BCUT2D eigenvalue weighted by Gasteiger charge is 2.42. The third kappa shape index (κ3) is 5.88. The molecule has 0 saturated heterocycles. The summed E-state index contributed by atoms with van der Waals surface area (Å²) in [5.41, 5.74) is 11.8. The van der Waals surface area contributed by atoms with Crippen molar-refractivity contribution in [3.05, 3.63) is 264 Å². The van der Waals surface area contributed by atoms with Crippen LogP contribution in [0.1, 0.15) is 17.5 Å². The van der Waals surface area contributed by atoms with Crippen LogP contribution >= 0.6 is 11.8 Å². The van der Waals surface area contributed by atoms with Gasteiger partial charge in [-0.15, -0.1) is 0 Å². The summed E-state index contributed by atoms with van der Waals surface area (Å²) in [6.07, 6.45) is 14.8. The minimum atomic E-state index is -0.588. The Balaban J connectivity index is 1.16. The lowest BCUT2D eigenvalue weighted by Gasteiger charge is -2.40. The third-order valence-corrected chi connectivity index (χ3v) is 15.0. The summed E-state index contributed by atoms with van der Waals surface area (Å²) < 4.78 is 2.54. The van der Waals surface area contributed by atoms with Gasteiger partial charge in [-0.1, -0.05) is 231 Å². The molecule has 1 unspecified atom stereocenters. The van der Waals surface area contributed by atoms with Crippen molar-refractivity contribution in [1.82, 2.24) is 4.57 Å². The van der Waals surface area contributed by atoms with E-state index >= 15 is 0 Å². The van der Waals surface area contributed by atoms with Crippen molar-refractivity contribution in [2.45, 2.75) is 11.8 Å². The van der Waals surface area contributed by atoms with Gasteiger partial charge in [-0.05, 0) is 107 Å². The second-order valence-corrected chi connectivity index (χ2v) is 18.9. The molecule has 11 aromatic rings. The third-order valence-electron chi connectivity index (χ3n) is 14.0. The van der Waals surface area contributed by atoms with E-state index in [9.17, 15) is 0 Å². The van der Waals surface area contributed by atoms with Crippen LogP contribution in [0.5, 0.6) is 0 Å². The van der Waals surface area contributed by atoms with Crippen molar-refractivity contribution >= 4 is 82.2 Å². The van der Waals surface area contributed by atoms with Crippen LogP contribution in [0.4, 0.5) is 0 Å². The van der Waals surface area contributed by atoms with E-state index in [1.807, 2.05) is 0 Å². The molecule has 13 rings (SSSR count). The average Bonchev–Trinajstić information content (AvgIpc) is 3.71. The molecule has 0 fully saturated rings. The minimum absolute atomic E-state index is 0.588. The minimum Gasteiger partial charge on any atom is -0.308 e. The topological polar surface area (TPSA) is 4.93 Å². The Morgan fingerprint density at radius 2 is 0.939 bits per heavy atom. The largest absolute Gasteiger partial charge is 0.308 e. The molecule has 1 aromatic heterocycles. The summed E-state index contributed by atoms with van der Waals surface area (Å²) in [6, 6.07) is 74.1. The van der Waals surface area contributed by atoms with Gasteiger partial charge in [-0.3, -0.25) is 0 Å². The molecule has 2 aliphatic rings. The number of allylic oxidation sites excluding steroid dienone is 8. The molecule has 1 aliphatic carbocycles. The van der Waals surface area contributed by atoms with E-state index in [-0.39, 0.29) is 0 Å². The number of nitrogens with zero attached hydrogens (tertiary/aromatic N) is 1. The molecule has 2 heterocycles. The number of thioether (sulfide) groups is 1. The summed E-state index contributed by atoms with van der Waals surface area (Å²) in [5, 5.41) is 12.4. The van der Waals surface area contributed by atoms with Gasteiger partial charge >= 0.3 is 0 Å². The first-order valence-corrected chi connectivity index (χ1v) is 23.6. The van der Waals surface area contributed by atoms with Crippen molar-refractivity contribution in [2.75, 3.05) is 0 Å². The number of fused-ring (bicyclic) bond motifs is 9. The molecule has 10 aromatic carbocycles. The van der Waals surface area contributed by atoms with Crippen LogP contribution < -0.4 is 0 Å². The van der Waals surface area contributed by atoms with Gasteiger partial charge in [0, 0.05) is 31.9 Å². The fourth-order valence-corrected chi connectivity index (χ4v) is 12.3. The van der Waals surface area contributed by atoms with E-state index in [0.29, 0.717) is 0 Å². The second kappa shape index (κ2) is 15.4. The molecule has 1 aliphatic heterocycles. The fraction of sp³-hybridized carbons (Fsp3) is 0.0312. The van der Waals surface area contributed by atoms with Crippen molar-refractivity contribution < 1.29 is 0 Å². The van der Waals surface area contributed by atoms with Crippen LogP contribution in [-0.4, -0.2) is 4.57 Å². The molecule has 66 heavy (non-hydrogen) atoms. The molecule has 0 N–H and O–H groups in total. The zero-order valence-corrected chi connectivity index (χ0v) is 37.1. The standard InChI is InChI=1S/C64H43NS/c1-42-20-18-35-57(61-50-29-10-8-27-48(50)60(44-23-6-3-7-24-44)49-28-9-11-30-51(49)61)64(39-19-25-46(41-64)66-42)62-52-31-12-14-33-54(52)63(55-34-15-13-32-53(55)62)65-58-36-17-16-26-47(58)56-40-45(37-38-59(56)65)43-21-4-2-5-22-43/h2-40H,1,41H2/b20-18-,57-35-. The van der Waals surface area contributed by atoms with Gasteiger partial charge in [0.15, 0.2) is 0 Å². The number of para-hydroxylation sites is 1. The summed E-state index contributed by atoms with van der Waals surface area (Å²) in [4.78, 5) is 2.33. The van der Waals surface area contributed by atoms with Crippen LogP contribution in [0.15, 0.2) is 253 Å². The average molecular weight is 858 g/mol. The Hall–Kier alpha value is -7.91. The molecular formula is C64H43NS. The maximum absolute atomic E-state index is 4.53. The van der Waals surface area contributed by atoms with E-state index in [2.05, 4.69) is 248 Å². The number of benzene rings is 10. The van der Waals surface area contributed by atoms with Crippen LogP contribution in [0.3, 0.4) is 0 Å². The molecule has 0 spiro atoms. The van der Waals surface area contributed by atoms with Crippen molar-refractivity contribution in [3.63, 3.8) is 0 Å². The van der Waals surface area contributed by atoms with Gasteiger partial charge in [0.1, 0.15) is 0 Å². The van der Waals surface area contributed by atoms with Gasteiger partial charge in [0.05, 0.1) is 16.7 Å². The van der Waals surface area contributed by atoms with Gasteiger partial charge in [0.2, 0.25) is 0 Å². The lowest BCUT2D eigenvalue weighted by atomic mass is 9.64. The maximum atomic E-state index is 4.53. The Labute approximate surface area is 388 Å². The van der Waals surface area contributed by atoms with Gasteiger partial charge in [-0.2, -0.15) is 0 Å². The normalized spacial score (nSPS) is 17.5. The first-order valence-electron chi connectivity index (χ1n) is 22.8. The first kappa shape index (κ1) is 38.5. The highest BCUT2D eigenvalue weighted by Crippen LogP contribution is 2.57. The van der Waals surface area contributed by atoms with Crippen molar-refractivity contribution in [2.24, 2.45) is 0 Å². The number of hydrogen-bond donors (Lipinski definition) is 0. The lowest BCUT2D eigenvalue weighted by Crippen LogP contribution is -2.29. The van der Waals surface area contributed by atoms with Crippen molar-refractivity contribution in [1.29, 1.82) is 0 Å². The van der Waals surface area contributed by atoms with Gasteiger partial charge in [-0.25, -0.2) is 0 Å². The predicted molar refractivity (Wildman–Crippen MR) is 285 cm³/mol. The van der Waals surface area contributed by atoms with Crippen LogP contribution in [0, 0.1) is 0 Å². The SMILES string of the molecule is C=C1/C=C\C=C(\c2c3ccccc3c(-c3ccccc3)c3ccccc23)C2(c3c4ccccc4c(-n4c5ccccc5c5cc(-c6ccccc6)ccc54)c4ccccc34)C=CC=C(C2)S1. The Morgan fingerprint density at radius 3 is 1.58 bits per heavy atom. The monoisotopic (exact) mass is 857 g/mol. The van der Waals surface area contributed by atoms with Crippen molar-refractivity contribution in [3.8, 4) is 27.9 Å². The smallest absolute Gasteiger partial charge is 0.0619 e. The molecule has 0 saturated carbocycles. The van der Waals surface area contributed by atoms with E-state index in [0.717, 1.165) is 11.3 Å². The first-order chi connectivity index (χ1) is 32.7. The zero-order chi connectivity index (χ0) is 43.8. The molecule has 2 bridgehead atoms. The molecule has 1 nitrogen and oxygen atoms in total. The van der Waals surface area contributed by atoms with E-state index < -0.39 is 5.41 Å². The molecule has 2 heteroatoms. The highest BCUT2D eigenvalue weighted by molar-refractivity contribution is 8.06. The van der Waals surface area contributed by atoms with E-state index in [1.54, 1.807) is 11.8 Å². The van der Waals surface area contributed by atoms with Gasteiger partial charge in [0.25, 0.3) is 0 Å². The fourth-order valence-electron chi connectivity index (χ4n) is 11.4. The zero-order valence-electron chi connectivity index (χ0n) is 36.3.